The van der Waals surface area contributed by atoms with Crippen molar-refractivity contribution >= 4 is 23.9 Å². The van der Waals surface area contributed by atoms with Crippen LogP contribution in [0, 0.1) is 0 Å². The highest BCUT2D eigenvalue weighted by atomic mass is 16.5. The monoisotopic (exact) mass is 394 g/mol. The molecule has 8 nitrogen and oxygen atoms in total. The molecular formula is C20H26O8. The summed E-state index contributed by atoms with van der Waals surface area (Å²) in [7, 11) is 0. The highest BCUT2D eigenvalue weighted by Crippen LogP contribution is 2.08. The number of carboxylic acids is 2. The van der Waals surface area contributed by atoms with Crippen LogP contribution in [0.15, 0.2) is 24.3 Å². The minimum absolute atomic E-state index is 0.0332. The SMILES string of the molecule is O=C(O)CCCCC(=O)OCCCCCCOC(=O)c1cccc(C(=O)O)c1. The number of aromatic carboxylic acids is 1. The number of carboxylic acid groups (broad SMARTS) is 2. The second-order valence-corrected chi connectivity index (χ2v) is 6.26. The fourth-order valence-electron chi connectivity index (χ4n) is 2.39. The lowest BCUT2D eigenvalue weighted by molar-refractivity contribution is -0.144. The highest BCUT2D eigenvalue weighted by Gasteiger charge is 2.10. The third kappa shape index (κ3) is 10.3. The first-order chi connectivity index (χ1) is 13.4. The molecule has 0 aliphatic rings. The van der Waals surface area contributed by atoms with Gasteiger partial charge in [0.1, 0.15) is 0 Å². The summed E-state index contributed by atoms with van der Waals surface area (Å²) in [5.41, 5.74) is 0.237. The van der Waals surface area contributed by atoms with Gasteiger partial charge in [0.25, 0.3) is 0 Å². The largest absolute Gasteiger partial charge is 0.481 e. The number of rotatable bonds is 14. The van der Waals surface area contributed by atoms with E-state index in [9.17, 15) is 19.2 Å². The first kappa shape index (κ1) is 23.1. The first-order valence-electron chi connectivity index (χ1n) is 9.28. The number of esters is 2. The van der Waals surface area contributed by atoms with E-state index in [4.69, 9.17) is 19.7 Å². The van der Waals surface area contributed by atoms with Crippen molar-refractivity contribution in [1.82, 2.24) is 0 Å². The average molecular weight is 394 g/mol. The molecule has 1 rings (SSSR count). The van der Waals surface area contributed by atoms with Crippen LogP contribution in [-0.4, -0.2) is 47.3 Å². The van der Waals surface area contributed by atoms with Gasteiger partial charge in [0.2, 0.25) is 0 Å². The van der Waals surface area contributed by atoms with Gasteiger partial charge in [-0.1, -0.05) is 6.07 Å². The summed E-state index contributed by atoms with van der Waals surface area (Å²) in [6.45, 7) is 0.555. The molecule has 2 N–H and O–H groups in total. The molecule has 0 heterocycles. The van der Waals surface area contributed by atoms with Crippen molar-refractivity contribution in [2.75, 3.05) is 13.2 Å². The quantitative estimate of drug-likeness (QED) is 0.363. The molecule has 28 heavy (non-hydrogen) atoms. The summed E-state index contributed by atoms with van der Waals surface area (Å²) in [5, 5.41) is 17.4. The maximum Gasteiger partial charge on any atom is 0.338 e. The standard InChI is InChI=1S/C20H26O8/c21-17(22)10-3-4-11-18(23)27-12-5-1-2-6-13-28-20(26)16-9-7-8-15(14-16)19(24)25/h7-9,14H,1-6,10-13H2,(H,21,22)(H,24,25). The molecule has 0 atom stereocenters. The summed E-state index contributed by atoms with van der Waals surface area (Å²) >= 11 is 0. The molecule has 0 amide bonds. The fraction of sp³-hybridized carbons (Fsp3) is 0.500. The Morgan fingerprint density at radius 1 is 0.750 bits per heavy atom. The number of carbonyl (C=O) groups excluding carboxylic acids is 2. The Hall–Kier alpha value is -2.90. The number of aliphatic carboxylic acids is 1. The van der Waals surface area contributed by atoms with Gasteiger partial charge in [0, 0.05) is 12.8 Å². The molecule has 0 bridgehead atoms. The number of hydrogen-bond donors (Lipinski definition) is 2. The summed E-state index contributed by atoms with van der Waals surface area (Å²) < 4.78 is 10.2. The van der Waals surface area contributed by atoms with Crippen molar-refractivity contribution in [3.8, 4) is 0 Å². The van der Waals surface area contributed by atoms with Crippen molar-refractivity contribution in [2.45, 2.75) is 51.4 Å². The predicted molar refractivity (Wildman–Crippen MR) is 99.2 cm³/mol. The van der Waals surface area contributed by atoms with Gasteiger partial charge in [-0.15, -0.1) is 0 Å². The lowest BCUT2D eigenvalue weighted by Crippen LogP contribution is -2.08. The molecule has 0 spiro atoms. The second kappa shape index (κ2) is 13.3. The van der Waals surface area contributed by atoms with E-state index in [2.05, 4.69) is 0 Å². The van der Waals surface area contributed by atoms with E-state index in [0.717, 1.165) is 12.8 Å². The number of carbonyl (C=O) groups is 4. The third-order valence-corrected chi connectivity index (χ3v) is 3.90. The lowest BCUT2D eigenvalue weighted by Gasteiger charge is -2.06. The van der Waals surface area contributed by atoms with Crippen molar-refractivity contribution in [3.05, 3.63) is 35.4 Å². The molecule has 0 saturated carbocycles. The minimum Gasteiger partial charge on any atom is -0.481 e. The van der Waals surface area contributed by atoms with E-state index in [0.29, 0.717) is 32.3 Å². The third-order valence-electron chi connectivity index (χ3n) is 3.90. The van der Waals surface area contributed by atoms with E-state index >= 15 is 0 Å². The van der Waals surface area contributed by atoms with Crippen molar-refractivity contribution in [2.24, 2.45) is 0 Å². The predicted octanol–water partition coefficient (Wildman–Crippen LogP) is 3.29. The zero-order chi connectivity index (χ0) is 20.8. The molecule has 0 aliphatic heterocycles. The van der Waals surface area contributed by atoms with Crippen molar-refractivity contribution in [1.29, 1.82) is 0 Å². The molecule has 1 aromatic rings. The van der Waals surface area contributed by atoms with Crippen molar-refractivity contribution in [3.63, 3.8) is 0 Å². The van der Waals surface area contributed by atoms with Crippen LogP contribution in [0.5, 0.6) is 0 Å². The number of unbranched alkanes of at least 4 members (excludes halogenated alkanes) is 4. The number of hydrogen-bond acceptors (Lipinski definition) is 6. The summed E-state index contributed by atoms with van der Waals surface area (Å²) in [6, 6.07) is 5.68. The van der Waals surface area contributed by atoms with Crippen LogP contribution in [0.3, 0.4) is 0 Å². The van der Waals surface area contributed by atoms with Gasteiger partial charge in [-0.25, -0.2) is 9.59 Å². The zero-order valence-corrected chi connectivity index (χ0v) is 15.7. The van der Waals surface area contributed by atoms with E-state index in [1.807, 2.05) is 0 Å². The molecule has 0 radical (unpaired) electrons. The lowest BCUT2D eigenvalue weighted by atomic mass is 10.1. The molecule has 154 valence electrons. The van der Waals surface area contributed by atoms with Gasteiger partial charge in [-0.3, -0.25) is 9.59 Å². The highest BCUT2D eigenvalue weighted by molar-refractivity contribution is 5.94. The van der Waals surface area contributed by atoms with Gasteiger partial charge in [0.05, 0.1) is 24.3 Å². The zero-order valence-electron chi connectivity index (χ0n) is 15.7. The normalized spacial score (nSPS) is 10.3. The maximum atomic E-state index is 11.9. The molecular weight excluding hydrogens is 368 g/mol. The fourth-order valence-corrected chi connectivity index (χ4v) is 2.39. The molecule has 0 unspecified atom stereocenters. The Balaban J connectivity index is 2.03. The average Bonchev–Trinajstić information content (AvgIpc) is 2.67. The Kier molecular flexibility index (Phi) is 11.0. The Morgan fingerprint density at radius 2 is 1.36 bits per heavy atom. The van der Waals surface area contributed by atoms with Crippen LogP contribution in [0.1, 0.15) is 72.1 Å². The van der Waals surface area contributed by atoms with Crippen molar-refractivity contribution < 1.29 is 38.9 Å². The molecule has 8 heteroatoms. The second-order valence-electron chi connectivity index (χ2n) is 6.26. The van der Waals surface area contributed by atoms with E-state index in [1.165, 1.54) is 24.3 Å². The van der Waals surface area contributed by atoms with Gasteiger partial charge < -0.3 is 19.7 Å². The van der Waals surface area contributed by atoms with Crippen LogP contribution in [-0.2, 0) is 19.1 Å². The van der Waals surface area contributed by atoms with Crippen LogP contribution in [0.4, 0.5) is 0 Å². The molecule has 0 aromatic heterocycles. The van der Waals surface area contributed by atoms with Crippen LogP contribution < -0.4 is 0 Å². The number of ether oxygens (including phenoxy) is 2. The van der Waals surface area contributed by atoms with E-state index in [-0.39, 0.29) is 36.5 Å². The summed E-state index contributed by atoms with van der Waals surface area (Å²) in [5.74, 6) is -2.84. The van der Waals surface area contributed by atoms with Gasteiger partial charge in [-0.05, 0) is 56.7 Å². The smallest absolute Gasteiger partial charge is 0.338 e. The molecule has 0 fully saturated rings. The Bertz CT molecular complexity index is 668. The van der Waals surface area contributed by atoms with Crippen LogP contribution in [0.2, 0.25) is 0 Å². The topological polar surface area (TPSA) is 127 Å². The summed E-state index contributed by atoms with van der Waals surface area (Å²) in [6.07, 6.45) is 4.24. The first-order valence-corrected chi connectivity index (χ1v) is 9.28. The van der Waals surface area contributed by atoms with E-state index < -0.39 is 17.9 Å². The Morgan fingerprint density at radius 3 is 2.00 bits per heavy atom. The molecule has 0 saturated heterocycles. The van der Waals surface area contributed by atoms with Gasteiger partial charge >= 0.3 is 23.9 Å². The van der Waals surface area contributed by atoms with Gasteiger partial charge in [-0.2, -0.15) is 0 Å². The van der Waals surface area contributed by atoms with Crippen LogP contribution in [0.25, 0.3) is 0 Å². The minimum atomic E-state index is -1.10. The van der Waals surface area contributed by atoms with Gasteiger partial charge in [0.15, 0.2) is 0 Å². The van der Waals surface area contributed by atoms with E-state index in [1.54, 1.807) is 0 Å². The Labute approximate surface area is 163 Å². The number of benzene rings is 1. The van der Waals surface area contributed by atoms with Crippen LogP contribution >= 0.6 is 0 Å². The summed E-state index contributed by atoms with van der Waals surface area (Å²) in [4.78, 5) is 44.5. The maximum absolute atomic E-state index is 11.9. The molecule has 0 aliphatic carbocycles. The molecule has 1 aromatic carbocycles.